The van der Waals surface area contributed by atoms with Gasteiger partial charge in [0.25, 0.3) is 0 Å². The highest BCUT2D eigenvalue weighted by Crippen LogP contribution is 1.99. The first-order valence-electron chi connectivity index (χ1n) is 3.56. The largest absolute Gasteiger partial charge is 0.289 e. The molecule has 1 aromatic carbocycles. The van der Waals surface area contributed by atoms with E-state index >= 15 is 0 Å². The molecule has 0 bridgehead atoms. The zero-order valence-corrected chi connectivity index (χ0v) is 6.45. The number of carbonyl (C=O) groups is 1. The van der Waals surface area contributed by atoms with E-state index in [1.54, 1.807) is 12.2 Å². The van der Waals surface area contributed by atoms with Gasteiger partial charge < -0.3 is 0 Å². The molecule has 1 aromatic rings. The van der Waals surface area contributed by atoms with Crippen LogP contribution in [-0.4, -0.2) is 5.78 Å². The molecule has 0 aliphatic rings. The summed E-state index contributed by atoms with van der Waals surface area (Å²) in [4.78, 5) is 11.2. The fourth-order valence-electron chi connectivity index (χ4n) is 0.850. The van der Waals surface area contributed by atoms with Crippen molar-refractivity contribution in [3.8, 4) is 0 Å². The van der Waals surface area contributed by atoms with E-state index < -0.39 is 0 Å². The molecule has 0 unspecified atom stereocenters. The number of hydrogen-bond donors (Lipinski definition) is 0. The minimum absolute atomic E-state index is 0.0631. The molecule has 0 saturated carbocycles. The first-order valence-corrected chi connectivity index (χ1v) is 3.56. The predicted octanol–water partition coefficient (Wildman–Crippen LogP) is 2.45. The van der Waals surface area contributed by atoms with Crippen LogP contribution in [0.4, 0.5) is 0 Å². The van der Waals surface area contributed by atoms with Gasteiger partial charge in [0.15, 0.2) is 5.78 Å². The lowest BCUT2D eigenvalue weighted by atomic mass is 10.1. The van der Waals surface area contributed by atoms with Crippen molar-refractivity contribution in [2.24, 2.45) is 0 Å². The molecule has 1 nitrogen and oxygen atoms in total. The Kier molecular flexibility index (Phi) is 2.61. The van der Waals surface area contributed by atoms with Gasteiger partial charge in [0.2, 0.25) is 0 Å². The number of allylic oxidation sites excluding steroid dienone is 2. The second-order valence-electron chi connectivity index (χ2n) is 2.23. The van der Waals surface area contributed by atoms with Gasteiger partial charge in [-0.05, 0) is 13.0 Å². The summed E-state index contributed by atoms with van der Waals surface area (Å²) >= 11 is 0. The smallest absolute Gasteiger partial charge is 0.185 e. The second kappa shape index (κ2) is 3.71. The third-order valence-corrected chi connectivity index (χ3v) is 1.38. The monoisotopic (exact) mass is 146 g/mol. The molecule has 0 radical (unpaired) electrons. The molecular weight excluding hydrogens is 136 g/mol. The van der Waals surface area contributed by atoms with Crippen LogP contribution in [0.25, 0.3) is 0 Å². The Hall–Kier alpha value is -1.37. The van der Waals surface area contributed by atoms with Gasteiger partial charge >= 0.3 is 0 Å². The lowest BCUT2D eigenvalue weighted by Crippen LogP contribution is -1.91. The summed E-state index contributed by atoms with van der Waals surface area (Å²) in [6.07, 6.45) is 3.31. The van der Waals surface area contributed by atoms with E-state index in [2.05, 4.69) is 0 Å². The van der Waals surface area contributed by atoms with Crippen molar-refractivity contribution in [2.75, 3.05) is 0 Å². The quantitative estimate of drug-likeness (QED) is 0.462. The van der Waals surface area contributed by atoms with E-state index in [1.165, 1.54) is 0 Å². The Balaban J connectivity index is 2.86. The SMILES string of the molecule is C/C=C\C(=O)c1ccccc1. The van der Waals surface area contributed by atoms with Gasteiger partial charge in [0.05, 0.1) is 0 Å². The van der Waals surface area contributed by atoms with Crippen LogP contribution in [0.1, 0.15) is 17.3 Å². The average Bonchev–Trinajstić information content (AvgIpc) is 2.07. The van der Waals surface area contributed by atoms with Gasteiger partial charge in [-0.25, -0.2) is 0 Å². The van der Waals surface area contributed by atoms with Crippen LogP contribution in [0.15, 0.2) is 42.5 Å². The van der Waals surface area contributed by atoms with Gasteiger partial charge in [-0.2, -0.15) is 0 Å². The molecule has 0 atom stereocenters. The first kappa shape index (κ1) is 7.73. The molecule has 0 heterocycles. The summed E-state index contributed by atoms with van der Waals surface area (Å²) < 4.78 is 0. The maximum Gasteiger partial charge on any atom is 0.185 e. The van der Waals surface area contributed by atoms with Crippen LogP contribution >= 0.6 is 0 Å². The molecule has 0 aliphatic heterocycles. The van der Waals surface area contributed by atoms with Crippen molar-refractivity contribution >= 4 is 5.78 Å². The van der Waals surface area contributed by atoms with Gasteiger partial charge in [-0.15, -0.1) is 0 Å². The normalized spacial score (nSPS) is 10.3. The van der Waals surface area contributed by atoms with E-state index in [4.69, 9.17) is 0 Å². The molecule has 1 heteroatoms. The zero-order chi connectivity index (χ0) is 8.10. The minimum Gasteiger partial charge on any atom is -0.289 e. The molecule has 11 heavy (non-hydrogen) atoms. The highest BCUT2D eigenvalue weighted by atomic mass is 16.1. The molecule has 0 fully saturated rings. The van der Waals surface area contributed by atoms with Crippen molar-refractivity contribution in [3.05, 3.63) is 48.0 Å². The van der Waals surface area contributed by atoms with E-state index in [0.29, 0.717) is 0 Å². The van der Waals surface area contributed by atoms with Crippen molar-refractivity contribution in [3.63, 3.8) is 0 Å². The molecule has 0 N–H and O–H groups in total. The van der Waals surface area contributed by atoms with E-state index in [9.17, 15) is 4.79 Å². The van der Waals surface area contributed by atoms with Crippen LogP contribution in [0, 0.1) is 0 Å². The third kappa shape index (κ3) is 2.04. The highest BCUT2D eigenvalue weighted by Gasteiger charge is 1.96. The lowest BCUT2D eigenvalue weighted by molar-refractivity contribution is 0.104. The highest BCUT2D eigenvalue weighted by molar-refractivity contribution is 6.04. The van der Waals surface area contributed by atoms with E-state index in [-0.39, 0.29) is 5.78 Å². The molecule has 0 amide bonds. The van der Waals surface area contributed by atoms with E-state index in [0.717, 1.165) is 5.56 Å². The topological polar surface area (TPSA) is 17.1 Å². The Morgan fingerprint density at radius 1 is 1.27 bits per heavy atom. The molecule has 1 rings (SSSR count). The first-order chi connectivity index (χ1) is 5.34. The van der Waals surface area contributed by atoms with Crippen LogP contribution in [0.5, 0.6) is 0 Å². The number of hydrogen-bond acceptors (Lipinski definition) is 1. The van der Waals surface area contributed by atoms with Crippen molar-refractivity contribution < 1.29 is 4.79 Å². The summed E-state index contributed by atoms with van der Waals surface area (Å²) in [6, 6.07) is 9.23. The average molecular weight is 146 g/mol. The Bertz CT molecular complexity index is 259. The van der Waals surface area contributed by atoms with Crippen LogP contribution < -0.4 is 0 Å². The van der Waals surface area contributed by atoms with Gasteiger partial charge in [-0.3, -0.25) is 4.79 Å². The van der Waals surface area contributed by atoms with Gasteiger partial charge in [0.1, 0.15) is 0 Å². The summed E-state index contributed by atoms with van der Waals surface area (Å²) in [5.74, 6) is 0.0631. The van der Waals surface area contributed by atoms with Gasteiger partial charge in [-0.1, -0.05) is 36.4 Å². The predicted molar refractivity (Wildman–Crippen MR) is 45.6 cm³/mol. The number of benzene rings is 1. The molecule has 0 spiro atoms. The van der Waals surface area contributed by atoms with Crippen LogP contribution in [0.2, 0.25) is 0 Å². The maximum atomic E-state index is 11.2. The maximum absolute atomic E-state index is 11.2. The Morgan fingerprint density at radius 3 is 2.45 bits per heavy atom. The number of carbonyl (C=O) groups excluding carboxylic acids is 1. The fourth-order valence-corrected chi connectivity index (χ4v) is 0.850. The molecule has 0 aliphatic carbocycles. The Morgan fingerprint density at radius 2 is 1.91 bits per heavy atom. The molecular formula is C10H10O. The summed E-state index contributed by atoms with van der Waals surface area (Å²) in [5, 5.41) is 0. The molecule has 56 valence electrons. The van der Waals surface area contributed by atoms with Crippen LogP contribution in [0.3, 0.4) is 0 Å². The van der Waals surface area contributed by atoms with Crippen molar-refractivity contribution in [2.45, 2.75) is 6.92 Å². The Labute approximate surface area is 66.4 Å². The van der Waals surface area contributed by atoms with Gasteiger partial charge in [0, 0.05) is 5.56 Å². The second-order valence-corrected chi connectivity index (χ2v) is 2.23. The lowest BCUT2D eigenvalue weighted by Gasteiger charge is -1.91. The summed E-state index contributed by atoms with van der Waals surface area (Å²) in [7, 11) is 0. The minimum atomic E-state index is 0.0631. The number of ketones is 1. The summed E-state index contributed by atoms with van der Waals surface area (Å²) in [5.41, 5.74) is 0.741. The summed E-state index contributed by atoms with van der Waals surface area (Å²) in [6.45, 7) is 1.83. The fraction of sp³-hybridized carbons (Fsp3) is 0.100. The standard InChI is InChI=1S/C10H10O/c1-2-6-10(11)9-7-4-3-5-8-9/h2-8H,1H3/b6-2-. The molecule has 0 saturated heterocycles. The third-order valence-electron chi connectivity index (χ3n) is 1.38. The van der Waals surface area contributed by atoms with Crippen molar-refractivity contribution in [1.29, 1.82) is 0 Å². The van der Waals surface area contributed by atoms with Crippen LogP contribution in [-0.2, 0) is 0 Å². The van der Waals surface area contributed by atoms with Crippen molar-refractivity contribution in [1.82, 2.24) is 0 Å². The molecule has 0 aromatic heterocycles. The zero-order valence-electron chi connectivity index (χ0n) is 6.45. The number of rotatable bonds is 2. The van der Waals surface area contributed by atoms with E-state index in [1.807, 2.05) is 37.3 Å².